The molecule has 0 aliphatic carbocycles. The second-order valence-corrected chi connectivity index (χ2v) is 6.62. The lowest BCUT2D eigenvalue weighted by atomic mass is 10.2. The molecule has 0 spiro atoms. The summed E-state index contributed by atoms with van der Waals surface area (Å²) >= 11 is 0. The first-order chi connectivity index (χ1) is 12.0. The average Bonchev–Trinajstić information content (AvgIpc) is 2.65. The molecular weight excluding hydrogens is 346 g/mol. The molecule has 0 unspecified atom stereocenters. The van der Waals surface area contributed by atoms with Gasteiger partial charge in [-0.2, -0.15) is 9.97 Å². The monoisotopic (exact) mass is 361 g/mol. The first kappa shape index (κ1) is 17.0. The summed E-state index contributed by atoms with van der Waals surface area (Å²) in [5, 5.41) is 0.730. The zero-order chi connectivity index (χ0) is 17.9. The molecule has 25 heavy (non-hydrogen) atoms. The molecule has 0 amide bonds. The Balaban J connectivity index is 1.89. The Morgan fingerprint density at radius 3 is 2.36 bits per heavy atom. The highest BCUT2D eigenvalue weighted by molar-refractivity contribution is 7.89. The average molecular weight is 361 g/mol. The van der Waals surface area contributed by atoms with E-state index in [1.165, 1.54) is 20.3 Å². The second kappa shape index (κ2) is 6.95. The number of rotatable bonds is 6. The molecule has 0 saturated carbocycles. The van der Waals surface area contributed by atoms with Crippen LogP contribution in [0.3, 0.4) is 0 Å². The van der Waals surface area contributed by atoms with Crippen LogP contribution in [0.25, 0.3) is 10.9 Å². The third kappa shape index (κ3) is 3.64. The van der Waals surface area contributed by atoms with Gasteiger partial charge in [0.1, 0.15) is 4.90 Å². The highest BCUT2D eigenvalue weighted by Gasteiger charge is 2.19. The minimum atomic E-state index is -3.82. The number of fused-ring (bicyclic) bond motifs is 1. The predicted molar refractivity (Wildman–Crippen MR) is 88.7 cm³/mol. The summed E-state index contributed by atoms with van der Waals surface area (Å²) in [4.78, 5) is 16.1. The maximum atomic E-state index is 12.6. The van der Waals surface area contributed by atoms with Crippen molar-refractivity contribution < 1.29 is 17.9 Å². The Morgan fingerprint density at radius 2 is 1.68 bits per heavy atom. The van der Waals surface area contributed by atoms with Gasteiger partial charge in [-0.1, -0.05) is 18.2 Å². The first-order valence-electron chi connectivity index (χ1n) is 7.20. The molecule has 1 aromatic carbocycles. The molecule has 130 valence electrons. The summed E-state index contributed by atoms with van der Waals surface area (Å²) in [5.74, 6) is 0.167. The smallest absolute Gasteiger partial charge is 0.322 e. The second-order valence-electron chi connectivity index (χ2n) is 4.88. The summed E-state index contributed by atoms with van der Waals surface area (Å²) in [7, 11) is -1.03. The molecule has 1 N–H and O–H groups in total. The van der Waals surface area contributed by atoms with Gasteiger partial charge in [-0.15, -0.1) is 4.98 Å². The molecule has 0 bridgehead atoms. The van der Waals surface area contributed by atoms with Crippen molar-refractivity contribution in [2.75, 3.05) is 14.2 Å². The van der Waals surface area contributed by atoms with E-state index in [0.29, 0.717) is 5.52 Å². The Kier molecular flexibility index (Phi) is 4.72. The van der Waals surface area contributed by atoms with Crippen LogP contribution in [0.15, 0.2) is 41.4 Å². The lowest BCUT2D eigenvalue weighted by Crippen LogP contribution is -2.25. The Morgan fingerprint density at radius 1 is 1.00 bits per heavy atom. The normalized spacial score (nSPS) is 11.4. The van der Waals surface area contributed by atoms with Crippen LogP contribution in [-0.4, -0.2) is 42.6 Å². The fourth-order valence-corrected chi connectivity index (χ4v) is 3.33. The summed E-state index contributed by atoms with van der Waals surface area (Å²) in [6.45, 7) is -0.152. The summed E-state index contributed by atoms with van der Waals surface area (Å²) in [6.07, 6.45) is 1.54. The molecule has 0 atom stereocenters. The third-order valence-electron chi connectivity index (χ3n) is 3.31. The Labute approximate surface area is 144 Å². The summed E-state index contributed by atoms with van der Waals surface area (Å²) < 4.78 is 37.6. The van der Waals surface area contributed by atoms with Gasteiger partial charge in [0.2, 0.25) is 10.0 Å². The molecule has 2 aromatic heterocycles. The number of sulfonamides is 1. The van der Waals surface area contributed by atoms with Gasteiger partial charge in [0, 0.05) is 11.6 Å². The van der Waals surface area contributed by atoms with Crippen molar-refractivity contribution >= 4 is 20.9 Å². The first-order valence-corrected chi connectivity index (χ1v) is 8.68. The summed E-state index contributed by atoms with van der Waals surface area (Å²) in [5.41, 5.74) is 0.392. The van der Waals surface area contributed by atoms with Crippen LogP contribution < -0.4 is 14.2 Å². The van der Waals surface area contributed by atoms with Crippen LogP contribution >= 0.6 is 0 Å². The van der Waals surface area contributed by atoms with Gasteiger partial charge in [-0.3, -0.25) is 4.98 Å². The van der Waals surface area contributed by atoms with Crippen LogP contribution in [0.4, 0.5) is 0 Å². The number of para-hydroxylation sites is 1. The summed E-state index contributed by atoms with van der Waals surface area (Å²) in [6, 6.07) is 8.56. The molecule has 0 aliphatic rings. The minimum absolute atomic E-state index is 0.0351. The Bertz CT molecular complexity index is 982. The van der Waals surface area contributed by atoms with E-state index < -0.39 is 10.0 Å². The van der Waals surface area contributed by atoms with E-state index in [0.717, 1.165) is 5.39 Å². The van der Waals surface area contributed by atoms with Crippen molar-refractivity contribution in [3.8, 4) is 12.0 Å². The van der Waals surface area contributed by atoms with Gasteiger partial charge < -0.3 is 9.47 Å². The topological polar surface area (TPSA) is 116 Å². The number of nitrogens with one attached hydrogen (secondary N) is 1. The van der Waals surface area contributed by atoms with E-state index in [1.807, 2.05) is 0 Å². The fourth-order valence-electron chi connectivity index (χ4n) is 2.17. The minimum Gasteiger partial charge on any atom is -0.467 e. The molecule has 0 fully saturated rings. The van der Waals surface area contributed by atoms with E-state index in [-0.39, 0.29) is 29.3 Å². The molecule has 0 aliphatic heterocycles. The number of nitrogens with zero attached hydrogens (tertiary/aromatic N) is 4. The molecular formula is C15H15N5O4S. The van der Waals surface area contributed by atoms with Crippen LogP contribution in [0.1, 0.15) is 5.82 Å². The van der Waals surface area contributed by atoms with Gasteiger partial charge in [-0.05, 0) is 12.1 Å². The van der Waals surface area contributed by atoms with Crippen LogP contribution in [0.5, 0.6) is 12.0 Å². The molecule has 2 heterocycles. The van der Waals surface area contributed by atoms with E-state index >= 15 is 0 Å². The van der Waals surface area contributed by atoms with Crippen molar-refractivity contribution in [3.05, 3.63) is 42.4 Å². The van der Waals surface area contributed by atoms with Gasteiger partial charge in [0.25, 0.3) is 0 Å². The van der Waals surface area contributed by atoms with Crippen molar-refractivity contribution in [3.63, 3.8) is 0 Å². The van der Waals surface area contributed by atoms with E-state index in [4.69, 9.17) is 9.47 Å². The van der Waals surface area contributed by atoms with Gasteiger partial charge >= 0.3 is 12.0 Å². The van der Waals surface area contributed by atoms with Crippen LogP contribution in [-0.2, 0) is 16.6 Å². The number of hydrogen-bond donors (Lipinski definition) is 1. The van der Waals surface area contributed by atoms with E-state index in [1.54, 1.807) is 30.5 Å². The highest BCUT2D eigenvalue weighted by atomic mass is 32.2. The van der Waals surface area contributed by atoms with Gasteiger partial charge in [0.05, 0.1) is 26.3 Å². The molecule has 0 saturated heterocycles. The van der Waals surface area contributed by atoms with Crippen LogP contribution in [0, 0.1) is 0 Å². The number of aromatic nitrogens is 4. The highest BCUT2D eigenvalue weighted by Crippen LogP contribution is 2.20. The Hall–Kier alpha value is -2.85. The maximum Gasteiger partial charge on any atom is 0.322 e. The quantitative estimate of drug-likeness (QED) is 0.689. The van der Waals surface area contributed by atoms with Gasteiger partial charge in [0.15, 0.2) is 5.82 Å². The molecule has 3 aromatic rings. The molecule has 10 heteroatoms. The maximum absolute atomic E-state index is 12.6. The van der Waals surface area contributed by atoms with E-state index in [2.05, 4.69) is 24.7 Å². The van der Waals surface area contributed by atoms with Crippen molar-refractivity contribution in [1.82, 2.24) is 24.7 Å². The van der Waals surface area contributed by atoms with Crippen molar-refractivity contribution in [2.24, 2.45) is 0 Å². The third-order valence-corrected chi connectivity index (χ3v) is 4.74. The van der Waals surface area contributed by atoms with Crippen molar-refractivity contribution in [2.45, 2.75) is 11.4 Å². The zero-order valence-corrected chi connectivity index (χ0v) is 14.3. The lowest BCUT2D eigenvalue weighted by molar-refractivity contribution is 0.336. The number of methoxy groups -OCH3 is 2. The zero-order valence-electron chi connectivity index (χ0n) is 13.5. The standard InChI is InChI=1S/C15H15N5O4S/c1-23-14-18-12(19-15(20-14)24-2)9-17-25(21,22)11-7-3-5-10-6-4-8-16-13(10)11/h3-8,17H,9H2,1-2H3. The molecule has 0 radical (unpaired) electrons. The number of pyridine rings is 1. The SMILES string of the molecule is COc1nc(CNS(=O)(=O)c2cccc3cccnc23)nc(OC)n1. The molecule has 9 nitrogen and oxygen atoms in total. The lowest BCUT2D eigenvalue weighted by Gasteiger charge is -2.09. The number of benzene rings is 1. The predicted octanol–water partition coefficient (Wildman–Crippen LogP) is 0.915. The van der Waals surface area contributed by atoms with Crippen molar-refractivity contribution in [1.29, 1.82) is 0 Å². The number of ether oxygens (including phenoxy) is 2. The van der Waals surface area contributed by atoms with E-state index in [9.17, 15) is 8.42 Å². The van der Waals surface area contributed by atoms with Gasteiger partial charge in [-0.25, -0.2) is 13.1 Å². The number of hydrogen-bond acceptors (Lipinski definition) is 8. The fraction of sp³-hybridized carbons (Fsp3) is 0.200. The molecule has 3 rings (SSSR count). The largest absolute Gasteiger partial charge is 0.467 e. The van der Waals surface area contributed by atoms with Crippen LogP contribution in [0.2, 0.25) is 0 Å².